The molecule has 2 aliphatic rings. The first-order chi connectivity index (χ1) is 12.9. The van der Waals surface area contributed by atoms with Crippen LogP contribution in [0.5, 0.6) is 0 Å². The van der Waals surface area contributed by atoms with E-state index in [-0.39, 0.29) is 17.3 Å². The molecule has 1 fully saturated rings. The van der Waals surface area contributed by atoms with Gasteiger partial charge in [-0.25, -0.2) is 0 Å². The Morgan fingerprint density at radius 3 is 2.07 bits per heavy atom. The fraction of sp³-hybridized carbons (Fsp3) is 0.318. The lowest BCUT2D eigenvalue weighted by Crippen LogP contribution is -2.54. The van der Waals surface area contributed by atoms with E-state index in [1.54, 1.807) is 42.5 Å². The summed E-state index contributed by atoms with van der Waals surface area (Å²) in [5.41, 5.74) is 1.22. The third kappa shape index (κ3) is 2.83. The molecular weight excluding hydrogens is 342 g/mol. The normalized spacial score (nSPS) is 17.4. The number of rotatable bonds is 3. The van der Waals surface area contributed by atoms with E-state index in [1.807, 2.05) is 13.8 Å². The monoisotopic (exact) mass is 363 g/mol. The van der Waals surface area contributed by atoms with Crippen molar-refractivity contribution >= 4 is 17.3 Å². The summed E-state index contributed by atoms with van der Waals surface area (Å²) in [5, 5.41) is 0. The Balaban J connectivity index is 1.72. The number of carbonyl (C=O) groups excluding carboxylic acids is 3. The average molecular weight is 363 g/mol. The maximum atomic E-state index is 13.2. The molecule has 138 valence electrons. The van der Waals surface area contributed by atoms with Crippen molar-refractivity contribution in [3.63, 3.8) is 0 Å². The second kappa shape index (κ2) is 6.51. The Kier molecular flexibility index (Phi) is 4.29. The fourth-order valence-electron chi connectivity index (χ4n) is 3.86. The third-order valence-corrected chi connectivity index (χ3v) is 5.54. The Labute approximate surface area is 157 Å². The van der Waals surface area contributed by atoms with Gasteiger partial charge in [-0.05, 0) is 26.0 Å². The van der Waals surface area contributed by atoms with Crippen LogP contribution in [0.4, 0.5) is 0 Å². The third-order valence-electron chi connectivity index (χ3n) is 5.54. The molecule has 5 nitrogen and oxygen atoms in total. The van der Waals surface area contributed by atoms with Gasteiger partial charge in [0.2, 0.25) is 0 Å². The fourth-order valence-corrected chi connectivity index (χ4v) is 3.86. The van der Waals surface area contributed by atoms with Crippen LogP contribution in [-0.4, -0.2) is 54.1 Å². The van der Waals surface area contributed by atoms with Crippen LogP contribution in [0.2, 0.25) is 0 Å². The van der Waals surface area contributed by atoms with E-state index in [1.165, 1.54) is 0 Å². The van der Waals surface area contributed by atoms with Crippen LogP contribution in [0.15, 0.2) is 42.5 Å². The summed E-state index contributed by atoms with van der Waals surface area (Å²) in [6, 6.07) is 11.7. The number of benzene rings is 2. The highest BCUT2D eigenvalue weighted by atomic mass is 16.5. The molecule has 0 amide bonds. The molecule has 0 aromatic heterocycles. The number of hydrogen-bond donors (Lipinski definition) is 0. The van der Waals surface area contributed by atoms with Crippen molar-refractivity contribution in [1.82, 2.24) is 4.90 Å². The van der Waals surface area contributed by atoms with Crippen molar-refractivity contribution in [2.45, 2.75) is 19.4 Å². The number of morpholine rings is 1. The number of ether oxygens (including phenoxy) is 1. The topological polar surface area (TPSA) is 63.7 Å². The molecule has 2 aromatic rings. The van der Waals surface area contributed by atoms with E-state index in [4.69, 9.17) is 4.74 Å². The molecule has 1 aliphatic heterocycles. The van der Waals surface area contributed by atoms with Crippen molar-refractivity contribution in [2.24, 2.45) is 0 Å². The molecular formula is C22H21NO4. The van der Waals surface area contributed by atoms with Gasteiger partial charge in [0, 0.05) is 40.9 Å². The van der Waals surface area contributed by atoms with Gasteiger partial charge in [0.15, 0.2) is 17.3 Å². The number of fused-ring (bicyclic) bond motifs is 2. The van der Waals surface area contributed by atoms with E-state index in [2.05, 4.69) is 4.90 Å². The van der Waals surface area contributed by atoms with Gasteiger partial charge < -0.3 is 4.74 Å². The van der Waals surface area contributed by atoms with Crippen LogP contribution >= 0.6 is 0 Å². The Morgan fingerprint density at radius 2 is 1.44 bits per heavy atom. The zero-order valence-corrected chi connectivity index (χ0v) is 15.5. The highest BCUT2D eigenvalue weighted by molar-refractivity contribution is 6.28. The molecule has 27 heavy (non-hydrogen) atoms. The summed E-state index contributed by atoms with van der Waals surface area (Å²) in [4.78, 5) is 40.9. The molecule has 0 N–H and O–H groups in total. The minimum absolute atomic E-state index is 0.0636. The van der Waals surface area contributed by atoms with Gasteiger partial charge in [-0.3, -0.25) is 19.3 Å². The maximum Gasteiger partial charge on any atom is 0.194 e. The largest absolute Gasteiger partial charge is 0.379 e. The molecule has 5 heteroatoms. The Morgan fingerprint density at radius 1 is 0.889 bits per heavy atom. The van der Waals surface area contributed by atoms with E-state index < -0.39 is 5.54 Å². The molecule has 0 saturated carbocycles. The minimum atomic E-state index is -0.711. The van der Waals surface area contributed by atoms with Gasteiger partial charge in [-0.2, -0.15) is 0 Å². The minimum Gasteiger partial charge on any atom is -0.379 e. The van der Waals surface area contributed by atoms with E-state index >= 15 is 0 Å². The number of Topliss-reactive ketones (excluding diaryl/α,β-unsaturated/α-hetero) is 1. The van der Waals surface area contributed by atoms with Gasteiger partial charge in [0.1, 0.15) is 0 Å². The first-order valence-electron chi connectivity index (χ1n) is 9.11. The smallest absolute Gasteiger partial charge is 0.194 e. The van der Waals surface area contributed by atoms with Gasteiger partial charge in [-0.1, -0.05) is 30.3 Å². The number of nitrogens with zero attached hydrogens (tertiary/aromatic N) is 1. The molecule has 0 atom stereocenters. The second-order valence-electron chi connectivity index (χ2n) is 7.45. The van der Waals surface area contributed by atoms with Crippen molar-refractivity contribution in [3.8, 4) is 0 Å². The highest BCUT2D eigenvalue weighted by Crippen LogP contribution is 2.30. The zero-order chi connectivity index (χ0) is 19.2. The Hall–Kier alpha value is -2.63. The molecule has 2 aromatic carbocycles. The second-order valence-corrected chi connectivity index (χ2v) is 7.45. The molecule has 4 rings (SSSR count). The lowest BCUT2D eigenvalue weighted by Gasteiger charge is -2.39. The van der Waals surface area contributed by atoms with Crippen molar-refractivity contribution in [1.29, 1.82) is 0 Å². The van der Waals surface area contributed by atoms with Crippen LogP contribution < -0.4 is 0 Å². The predicted octanol–water partition coefficient (Wildman–Crippen LogP) is 2.76. The summed E-state index contributed by atoms with van der Waals surface area (Å²) in [6.45, 7) is 6.36. The van der Waals surface area contributed by atoms with Crippen LogP contribution in [0, 0.1) is 0 Å². The first-order valence-corrected chi connectivity index (χ1v) is 9.11. The quantitative estimate of drug-likeness (QED) is 0.670. The van der Waals surface area contributed by atoms with Gasteiger partial charge in [0.25, 0.3) is 0 Å². The summed E-state index contributed by atoms with van der Waals surface area (Å²) < 4.78 is 5.38. The zero-order valence-electron chi connectivity index (χ0n) is 15.5. The van der Waals surface area contributed by atoms with Gasteiger partial charge >= 0.3 is 0 Å². The highest BCUT2D eigenvalue weighted by Gasteiger charge is 2.37. The average Bonchev–Trinajstić information content (AvgIpc) is 2.71. The molecule has 1 saturated heterocycles. The van der Waals surface area contributed by atoms with E-state index in [0.29, 0.717) is 54.1 Å². The number of hydrogen-bond acceptors (Lipinski definition) is 5. The lowest BCUT2D eigenvalue weighted by atomic mass is 9.81. The standard InChI is InChI=1S/C22H21NO4/c1-22(2,23-9-11-27-12-10-23)21(26)14-7-8-17-18(13-14)20(25)16-6-4-3-5-15(16)19(17)24/h3-8,13H,9-12H2,1-2H3. The number of carbonyl (C=O) groups is 3. The summed E-state index contributed by atoms with van der Waals surface area (Å²) in [5.74, 6) is -0.447. The van der Waals surface area contributed by atoms with Crippen LogP contribution in [0.1, 0.15) is 56.0 Å². The first kappa shape index (κ1) is 17.8. The molecule has 1 heterocycles. The molecule has 0 radical (unpaired) electrons. The van der Waals surface area contributed by atoms with E-state index in [0.717, 1.165) is 0 Å². The number of ketones is 3. The molecule has 0 bridgehead atoms. The van der Waals surface area contributed by atoms with Gasteiger partial charge in [-0.15, -0.1) is 0 Å². The predicted molar refractivity (Wildman–Crippen MR) is 101 cm³/mol. The molecule has 0 spiro atoms. The summed E-state index contributed by atoms with van der Waals surface area (Å²) in [6.07, 6.45) is 0. The van der Waals surface area contributed by atoms with Crippen molar-refractivity contribution in [2.75, 3.05) is 26.3 Å². The lowest BCUT2D eigenvalue weighted by molar-refractivity contribution is -0.00430. The Bertz CT molecular complexity index is 955. The summed E-state index contributed by atoms with van der Waals surface area (Å²) >= 11 is 0. The molecule has 1 aliphatic carbocycles. The summed E-state index contributed by atoms with van der Waals surface area (Å²) in [7, 11) is 0. The molecule has 0 unspecified atom stereocenters. The van der Waals surface area contributed by atoms with E-state index in [9.17, 15) is 14.4 Å². The van der Waals surface area contributed by atoms with Crippen molar-refractivity contribution in [3.05, 3.63) is 70.3 Å². The van der Waals surface area contributed by atoms with Crippen LogP contribution in [0.25, 0.3) is 0 Å². The SMILES string of the molecule is CC(C)(C(=O)c1ccc2c(c1)C(=O)c1ccccc1C2=O)N1CCOCC1. The maximum absolute atomic E-state index is 13.2. The van der Waals surface area contributed by atoms with Crippen LogP contribution in [-0.2, 0) is 4.74 Å². The van der Waals surface area contributed by atoms with Gasteiger partial charge in [0.05, 0.1) is 18.8 Å². The van der Waals surface area contributed by atoms with Crippen LogP contribution in [0.3, 0.4) is 0 Å². The van der Waals surface area contributed by atoms with Crippen molar-refractivity contribution < 1.29 is 19.1 Å².